The van der Waals surface area contributed by atoms with Gasteiger partial charge in [0.2, 0.25) is 0 Å². The molecule has 1 aliphatic rings. The van der Waals surface area contributed by atoms with Crippen molar-refractivity contribution in [2.45, 2.75) is 33.0 Å². The van der Waals surface area contributed by atoms with E-state index in [1.807, 2.05) is 17.1 Å². The summed E-state index contributed by atoms with van der Waals surface area (Å²) in [6.45, 7) is 8.65. The predicted molar refractivity (Wildman–Crippen MR) is 78.8 cm³/mol. The normalized spacial score (nSPS) is 20.4. The first kappa shape index (κ1) is 13.7. The number of morpholine rings is 1. The summed E-state index contributed by atoms with van der Waals surface area (Å²) in [5, 5.41) is 5.47. The highest BCUT2D eigenvalue weighted by Crippen LogP contribution is 2.16. The second kappa shape index (κ2) is 6.03. The first-order valence-electron chi connectivity index (χ1n) is 6.93. The minimum atomic E-state index is 0.220. The van der Waals surface area contributed by atoms with Crippen LogP contribution >= 0.6 is 11.3 Å². The van der Waals surface area contributed by atoms with Crippen molar-refractivity contribution in [3.8, 4) is 0 Å². The number of hydrogen-bond acceptors (Lipinski definition) is 5. The van der Waals surface area contributed by atoms with Crippen LogP contribution in [0.5, 0.6) is 0 Å². The van der Waals surface area contributed by atoms with Crippen LogP contribution in [0, 0.1) is 13.8 Å². The van der Waals surface area contributed by atoms with Crippen LogP contribution in [0.1, 0.15) is 15.4 Å². The Morgan fingerprint density at radius 1 is 1.40 bits per heavy atom. The van der Waals surface area contributed by atoms with Gasteiger partial charge in [-0.25, -0.2) is 4.98 Å². The summed E-state index contributed by atoms with van der Waals surface area (Å²) in [6, 6.07) is 0. The molecule has 108 valence electrons. The molecule has 2 aromatic rings. The number of rotatable bonds is 4. The molecule has 1 atom stereocenters. The summed E-state index contributed by atoms with van der Waals surface area (Å²) >= 11 is 1.78. The molecule has 1 aliphatic heterocycles. The number of nitrogens with zero attached hydrogens (tertiary/aromatic N) is 4. The summed E-state index contributed by atoms with van der Waals surface area (Å²) in [6.07, 6.45) is 6.16. The van der Waals surface area contributed by atoms with Gasteiger partial charge in [0.15, 0.2) is 0 Å². The number of ether oxygens (including phenoxy) is 1. The summed E-state index contributed by atoms with van der Waals surface area (Å²) in [7, 11) is 0. The van der Waals surface area contributed by atoms with Crippen LogP contribution < -0.4 is 0 Å². The minimum Gasteiger partial charge on any atom is -0.374 e. The lowest BCUT2D eigenvalue weighted by Crippen LogP contribution is -2.43. The topological polar surface area (TPSA) is 43.2 Å². The van der Waals surface area contributed by atoms with Gasteiger partial charge in [0.25, 0.3) is 0 Å². The summed E-state index contributed by atoms with van der Waals surface area (Å²) < 4.78 is 7.82. The highest BCUT2D eigenvalue weighted by atomic mass is 32.1. The third kappa shape index (κ3) is 3.45. The Bertz CT molecular complexity index is 517. The van der Waals surface area contributed by atoms with E-state index in [2.05, 4.69) is 35.0 Å². The molecule has 6 heteroatoms. The quantitative estimate of drug-likeness (QED) is 0.862. The van der Waals surface area contributed by atoms with E-state index < -0.39 is 0 Å². The second-order valence-electron chi connectivity index (χ2n) is 5.31. The van der Waals surface area contributed by atoms with Crippen molar-refractivity contribution in [1.82, 2.24) is 19.7 Å². The molecule has 0 radical (unpaired) electrons. The zero-order valence-corrected chi connectivity index (χ0v) is 12.8. The average Bonchev–Trinajstić information content (AvgIpc) is 2.99. The molecule has 0 N–H and O–H groups in total. The van der Waals surface area contributed by atoms with Crippen LogP contribution in [-0.2, 0) is 17.8 Å². The van der Waals surface area contributed by atoms with Crippen LogP contribution in [0.15, 0.2) is 18.6 Å². The fraction of sp³-hybridized carbons (Fsp3) is 0.571. The molecule has 0 saturated carbocycles. The van der Waals surface area contributed by atoms with Crippen molar-refractivity contribution in [2.75, 3.05) is 19.7 Å². The fourth-order valence-electron chi connectivity index (χ4n) is 2.51. The highest BCUT2D eigenvalue weighted by Gasteiger charge is 2.21. The molecule has 0 unspecified atom stereocenters. The first-order valence-corrected chi connectivity index (χ1v) is 7.75. The van der Waals surface area contributed by atoms with E-state index in [-0.39, 0.29) is 6.10 Å². The van der Waals surface area contributed by atoms with Crippen LogP contribution in [-0.4, -0.2) is 45.5 Å². The molecule has 1 fully saturated rings. The van der Waals surface area contributed by atoms with Gasteiger partial charge in [0.05, 0.1) is 30.5 Å². The maximum Gasteiger partial charge on any atom is 0.0898 e. The zero-order chi connectivity index (χ0) is 13.9. The van der Waals surface area contributed by atoms with Crippen LogP contribution in [0.3, 0.4) is 0 Å². The van der Waals surface area contributed by atoms with Gasteiger partial charge < -0.3 is 4.74 Å². The smallest absolute Gasteiger partial charge is 0.0898 e. The largest absolute Gasteiger partial charge is 0.374 e. The Kier molecular flexibility index (Phi) is 4.14. The van der Waals surface area contributed by atoms with Gasteiger partial charge in [-0.3, -0.25) is 9.58 Å². The van der Waals surface area contributed by atoms with E-state index in [1.165, 1.54) is 10.4 Å². The number of hydrogen-bond donors (Lipinski definition) is 0. The van der Waals surface area contributed by atoms with E-state index in [9.17, 15) is 0 Å². The Morgan fingerprint density at radius 3 is 3.00 bits per heavy atom. The standard InChI is InChI=1S/C14H20N4OS/c1-11-5-16-18(7-11)9-13-8-17(3-4-19-13)10-14-6-15-12(2)20-14/h5-7,13H,3-4,8-10H2,1-2H3/t13-/m0/s1. The first-order chi connectivity index (χ1) is 9.69. The van der Waals surface area contributed by atoms with Gasteiger partial charge in [-0.2, -0.15) is 5.10 Å². The van der Waals surface area contributed by atoms with E-state index in [1.54, 1.807) is 11.3 Å². The Labute approximate surface area is 123 Å². The predicted octanol–water partition coefficient (Wildman–Crippen LogP) is 1.86. The van der Waals surface area contributed by atoms with Crippen LogP contribution in [0.25, 0.3) is 0 Å². The molecule has 20 heavy (non-hydrogen) atoms. The SMILES string of the molecule is Cc1cnn(C[C@@H]2CN(Cc3cnc(C)s3)CCO2)c1. The molecule has 0 amide bonds. The van der Waals surface area contributed by atoms with E-state index in [4.69, 9.17) is 4.74 Å². The number of thiazole rings is 1. The lowest BCUT2D eigenvalue weighted by Gasteiger charge is -2.32. The van der Waals surface area contributed by atoms with Crippen molar-refractivity contribution in [1.29, 1.82) is 0 Å². The molecule has 0 bridgehead atoms. The van der Waals surface area contributed by atoms with Gasteiger partial charge in [0.1, 0.15) is 0 Å². The molecular formula is C14H20N4OS. The second-order valence-corrected chi connectivity index (χ2v) is 6.63. The van der Waals surface area contributed by atoms with Gasteiger partial charge in [-0.15, -0.1) is 11.3 Å². The molecule has 0 aliphatic carbocycles. The summed E-state index contributed by atoms with van der Waals surface area (Å²) in [5.41, 5.74) is 1.19. The van der Waals surface area contributed by atoms with E-state index in [0.717, 1.165) is 37.8 Å². The van der Waals surface area contributed by atoms with Crippen molar-refractivity contribution in [3.63, 3.8) is 0 Å². The van der Waals surface area contributed by atoms with Crippen molar-refractivity contribution >= 4 is 11.3 Å². The van der Waals surface area contributed by atoms with Gasteiger partial charge >= 0.3 is 0 Å². The summed E-state index contributed by atoms with van der Waals surface area (Å²) in [4.78, 5) is 8.09. The third-order valence-corrected chi connectivity index (χ3v) is 4.32. The molecular weight excluding hydrogens is 272 g/mol. The highest BCUT2D eigenvalue weighted by molar-refractivity contribution is 7.11. The third-order valence-electron chi connectivity index (χ3n) is 3.42. The lowest BCUT2D eigenvalue weighted by molar-refractivity contribution is -0.0399. The van der Waals surface area contributed by atoms with Crippen molar-refractivity contribution in [3.05, 3.63) is 34.0 Å². The van der Waals surface area contributed by atoms with Gasteiger partial charge in [-0.1, -0.05) is 0 Å². The Hall–Kier alpha value is -1.24. The molecule has 5 nitrogen and oxygen atoms in total. The summed E-state index contributed by atoms with van der Waals surface area (Å²) in [5.74, 6) is 0. The fourth-order valence-corrected chi connectivity index (χ4v) is 3.35. The maximum atomic E-state index is 5.85. The van der Waals surface area contributed by atoms with Crippen LogP contribution in [0.4, 0.5) is 0 Å². The number of aryl methyl sites for hydroxylation is 2. The molecule has 0 spiro atoms. The Morgan fingerprint density at radius 2 is 2.30 bits per heavy atom. The lowest BCUT2D eigenvalue weighted by atomic mass is 10.2. The van der Waals surface area contributed by atoms with Gasteiger partial charge in [0, 0.05) is 36.9 Å². The van der Waals surface area contributed by atoms with Gasteiger partial charge in [-0.05, 0) is 19.4 Å². The minimum absolute atomic E-state index is 0.220. The zero-order valence-electron chi connectivity index (χ0n) is 12.0. The van der Waals surface area contributed by atoms with Crippen LogP contribution in [0.2, 0.25) is 0 Å². The monoisotopic (exact) mass is 292 g/mol. The molecule has 0 aromatic carbocycles. The molecule has 2 aromatic heterocycles. The maximum absolute atomic E-state index is 5.85. The van der Waals surface area contributed by atoms with E-state index >= 15 is 0 Å². The number of aromatic nitrogens is 3. The average molecular weight is 292 g/mol. The molecule has 1 saturated heterocycles. The van der Waals surface area contributed by atoms with Crippen molar-refractivity contribution < 1.29 is 4.74 Å². The van der Waals surface area contributed by atoms with E-state index in [0.29, 0.717) is 0 Å². The van der Waals surface area contributed by atoms with Crippen molar-refractivity contribution in [2.24, 2.45) is 0 Å². The molecule has 3 heterocycles. The molecule has 3 rings (SSSR count). The Balaban J connectivity index is 1.56.